The molecule has 5 heteroatoms. The average Bonchev–Trinajstić information content (AvgIpc) is 2.77. The normalized spacial score (nSPS) is 11.4. The Morgan fingerprint density at radius 3 is 2.19 bits per heavy atom. The molecule has 0 saturated carbocycles. The number of hydrogen-bond donors (Lipinski definition) is 0. The Morgan fingerprint density at radius 1 is 0.935 bits per heavy atom. The second kappa shape index (κ2) is 11.1. The van der Waals surface area contributed by atoms with Crippen molar-refractivity contribution in [3.8, 4) is 0 Å². The van der Waals surface area contributed by atoms with E-state index in [4.69, 9.17) is 4.74 Å². The lowest BCUT2D eigenvalue weighted by molar-refractivity contribution is 0.0987. The quantitative estimate of drug-likeness (QED) is 0.376. The predicted octanol–water partition coefficient (Wildman–Crippen LogP) is 5.49. The van der Waals surface area contributed by atoms with Gasteiger partial charge in [0, 0.05) is 18.7 Å². The van der Waals surface area contributed by atoms with Crippen LogP contribution in [0.2, 0.25) is 0 Å². The Bertz CT molecular complexity index is 1000. The molecular weight excluding hydrogens is 391 g/mol. The Hall–Kier alpha value is -3.47. The molecule has 0 unspecified atom stereocenters. The maximum absolute atomic E-state index is 13.6. The number of amidine groups is 1. The van der Waals surface area contributed by atoms with Gasteiger partial charge < -0.3 is 9.64 Å². The van der Waals surface area contributed by atoms with E-state index >= 15 is 0 Å². The first-order chi connectivity index (χ1) is 15.0. The number of aliphatic imine (C=N–C) groups is 1. The zero-order valence-electron chi connectivity index (χ0n) is 17.9. The van der Waals surface area contributed by atoms with E-state index in [-0.39, 0.29) is 17.7 Å². The van der Waals surface area contributed by atoms with E-state index in [1.54, 1.807) is 6.07 Å². The summed E-state index contributed by atoms with van der Waals surface area (Å²) >= 11 is 0. The molecule has 0 atom stereocenters. The highest BCUT2D eigenvalue weighted by atomic mass is 19.1. The van der Waals surface area contributed by atoms with E-state index in [1.807, 2.05) is 67.3 Å². The molecule has 1 amide bonds. The summed E-state index contributed by atoms with van der Waals surface area (Å²) in [4.78, 5) is 19.0. The summed E-state index contributed by atoms with van der Waals surface area (Å²) in [5, 5.41) is 0. The molecule has 0 saturated heterocycles. The van der Waals surface area contributed by atoms with Crippen LogP contribution in [0.5, 0.6) is 0 Å². The maximum Gasteiger partial charge on any atom is 0.296 e. The standard InChI is InChI=1S/C26H27FN2O2/c1-20(2)31-26(28-25(30)23-14-9-15-24(27)18-23)29(19-22-12-7-4-8-13-22)17-16-21-10-5-3-6-11-21/h3-15,18,20H,16-17,19H2,1-2H3. The number of halogens is 1. The highest BCUT2D eigenvalue weighted by Crippen LogP contribution is 2.12. The summed E-state index contributed by atoms with van der Waals surface area (Å²) in [5.74, 6) is -1.01. The highest BCUT2D eigenvalue weighted by molar-refractivity contribution is 6.01. The molecule has 160 valence electrons. The number of carbonyl (C=O) groups excluding carboxylic acids is 1. The Labute approximate surface area is 183 Å². The van der Waals surface area contributed by atoms with Crippen molar-refractivity contribution in [1.82, 2.24) is 4.90 Å². The van der Waals surface area contributed by atoms with Gasteiger partial charge in [-0.2, -0.15) is 4.99 Å². The molecule has 0 N–H and O–H groups in total. The van der Waals surface area contributed by atoms with Crippen LogP contribution >= 0.6 is 0 Å². The van der Waals surface area contributed by atoms with Gasteiger partial charge in [-0.05, 0) is 49.6 Å². The molecule has 0 bridgehead atoms. The molecule has 0 radical (unpaired) electrons. The van der Waals surface area contributed by atoms with Gasteiger partial charge in [-0.15, -0.1) is 0 Å². The third-order valence-electron chi connectivity index (χ3n) is 4.61. The number of rotatable bonds is 7. The first kappa shape index (κ1) is 22.2. The third kappa shape index (κ3) is 7.07. The van der Waals surface area contributed by atoms with Crippen LogP contribution in [-0.2, 0) is 17.7 Å². The number of carbonyl (C=O) groups is 1. The monoisotopic (exact) mass is 418 g/mol. The lowest BCUT2D eigenvalue weighted by atomic mass is 10.1. The molecule has 0 aliphatic carbocycles. The fourth-order valence-corrected chi connectivity index (χ4v) is 3.11. The van der Waals surface area contributed by atoms with E-state index in [0.717, 1.165) is 12.0 Å². The number of amides is 1. The number of benzene rings is 3. The summed E-state index contributed by atoms with van der Waals surface area (Å²) in [6.45, 7) is 4.93. The lowest BCUT2D eigenvalue weighted by Crippen LogP contribution is -2.36. The van der Waals surface area contributed by atoms with Gasteiger partial charge >= 0.3 is 0 Å². The van der Waals surface area contributed by atoms with Gasteiger partial charge in [0.1, 0.15) is 5.82 Å². The van der Waals surface area contributed by atoms with Crippen molar-refractivity contribution in [2.45, 2.75) is 32.9 Å². The van der Waals surface area contributed by atoms with E-state index in [1.165, 1.54) is 23.8 Å². The lowest BCUT2D eigenvalue weighted by Gasteiger charge is -2.27. The summed E-state index contributed by atoms with van der Waals surface area (Å²) in [6.07, 6.45) is 0.594. The van der Waals surface area contributed by atoms with Gasteiger partial charge in [0.25, 0.3) is 11.9 Å². The molecule has 4 nitrogen and oxygen atoms in total. The van der Waals surface area contributed by atoms with E-state index in [0.29, 0.717) is 13.1 Å². The molecule has 3 aromatic rings. The summed E-state index contributed by atoms with van der Waals surface area (Å²) in [7, 11) is 0. The summed E-state index contributed by atoms with van der Waals surface area (Å²) < 4.78 is 19.5. The summed E-state index contributed by atoms with van der Waals surface area (Å²) in [6, 6.07) is 25.9. The SMILES string of the molecule is CC(C)OC(=NC(=O)c1cccc(F)c1)N(CCc1ccccc1)Cc1ccccc1. The van der Waals surface area contributed by atoms with E-state index < -0.39 is 11.7 Å². The molecule has 0 aromatic heterocycles. The highest BCUT2D eigenvalue weighted by Gasteiger charge is 2.18. The van der Waals surface area contributed by atoms with Gasteiger partial charge in [0.2, 0.25) is 0 Å². The van der Waals surface area contributed by atoms with Gasteiger partial charge in [0.15, 0.2) is 0 Å². The Kier molecular flexibility index (Phi) is 7.93. The van der Waals surface area contributed by atoms with Crippen molar-refractivity contribution in [3.63, 3.8) is 0 Å². The van der Waals surface area contributed by atoms with Gasteiger partial charge in [-0.3, -0.25) is 4.79 Å². The van der Waals surface area contributed by atoms with Gasteiger partial charge in [-0.25, -0.2) is 4.39 Å². The van der Waals surface area contributed by atoms with Crippen LogP contribution in [0.4, 0.5) is 4.39 Å². The van der Waals surface area contributed by atoms with Crippen LogP contribution in [0.1, 0.15) is 35.3 Å². The number of ether oxygens (including phenoxy) is 1. The molecule has 3 rings (SSSR count). The minimum absolute atomic E-state index is 0.172. The van der Waals surface area contributed by atoms with Crippen LogP contribution in [-0.4, -0.2) is 29.5 Å². The topological polar surface area (TPSA) is 41.9 Å². The van der Waals surface area contributed by atoms with Crippen LogP contribution < -0.4 is 0 Å². The summed E-state index contributed by atoms with van der Waals surface area (Å²) in [5.41, 5.74) is 2.45. The van der Waals surface area contributed by atoms with Gasteiger partial charge in [0.05, 0.1) is 6.10 Å². The van der Waals surface area contributed by atoms with E-state index in [2.05, 4.69) is 17.1 Å². The second-order valence-electron chi connectivity index (χ2n) is 7.52. The molecule has 3 aromatic carbocycles. The van der Waals surface area contributed by atoms with Crippen molar-refractivity contribution in [3.05, 3.63) is 107 Å². The molecule has 0 aliphatic rings. The van der Waals surface area contributed by atoms with Crippen LogP contribution in [0.15, 0.2) is 89.9 Å². The second-order valence-corrected chi connectivity index (χ2v) is 7.52. The largest absolute Gasteiger partial charge is 0.462 e. The van der Waals surface area contributed by atoms with Crippen LogP contribution in [0.25, 0.3) is 0 Å². The zero-order chi connectivity index (χ0) is 22.1. The maximum atomic E-state index is 13.6. The molecule has 0 heterocycles. The smallest absolute Gasteiger partial charge is 0.296 e. The Morgan fingerprint density at radius 2 is 1.58 bits per heavy atom. The molecular formula is C26H27FN2O2. The predicted molar refractivity (Wildman–Crippen MR) is 121 cm³/mol. The van der Waals surface area contributed by atoms with Crippen molar-refractivity contribution < 1.29 is 13.9 Å². The van der Waals surface area contributed by atoms with Gasteiger partial charge in [-0.1, -0.05) is 66.7 Å². The van der Waals surface area contributed by atoms with Crippen molar-refractivity contribution >= 4 is 11.9 Å². The van der Waals surface area contributed by atoms with Crippen LogP contribution in [0.3, 0.4) is 0 Å². The minimum Gasteiger partial charge on any atom is -0.462 e. The molecule has 0 fully saturated rings. The first-order valence-corrected chi connectivity index (χ1v) is 10.4. The zero-order valence-corrected chi connectivity index (χ0v) is 17.9. The fourth-order valence-electron chi connectivity index (χ4n) is 3.11. The number of nitrogens with zero attached hydrogens (tertiary/aromatic N) is 2. The minimum atomic E-state index is -0.534. The molecule has 0 aliphatic heterocycles. The Balaban J connectivity index is 1.90. The first-order valence-electron chi connectivity index (χ1n) is 10.4. The molecule has 31 heavy (non-hydrogen) atoms. The van der Waals surface area contributed by atoms with Crippen molar-refractivity contribution in [2.24, 2.45) is 4.99 Å². The van der Waals surface area contributed by atoms with Crippen molar-refractivity contribution in [2.75, 3.05) is 6.54 Å². The van der Waals surface area contributed by atoms with E-state index in [9.17, 15) is 9.18 Å². The molecule has 0 spiro atoms. The fraction of sp³-hybridized carbons (Fsp3) is 0.231. The average molecular weight is 419 g/mol. The van der Waals surface area contributed by atoms with Crippen molar-refractivity contribution in [1.29, 1.82) is 0 Å². The van der Waals surface area contributed by atoms with Crippen LogP contribution in [0, 0.1) is 5.82 Å². The third-order valence-corrected chi connectivity index (χ3v) is 4.61. The number of hydrogen-bond acceptors (Lipinski definition) is 2.